The van der Waals surface area contributed by atoms with Crippen LogP contribution >= 0.6 is 11.3 Å². The Labute approximate surface area is 217 Å². The number of phenolic OH excluding ortho intramolecular Hbond substituents is 1. The number of aromatic nitrogens is 1. The quantitative estimate of drug-likeness (QED) is 0.247. The van der Waals surface area contributed by atoms with Crippen LogP contribution in [0.4, 0.5) is 5.13 Å². The summed E-state index contributed by atoms with van der Waals surface area (Å²) in [5.41, 5.74) is 10.5. The number of carbonyl (C=O) groups excluding carboxylic acids is 5. The highest BCUT2D eigenvalue weighted by molar-refractivity contribution is 7.17. The number of nitrogens with two attached hydrogens (primary N) is 2. The fourth-order valence-electron chi connectivity index (χ4n) is 4.49. The molecule has 12 nitrogen and oxygen atoms in total. The molecule has 0 bridgehead atoms. The van der Waals surface area contributed by atoms with Crippen LogP contribution in [0.5, 0.6) is 5.75 Å². The van der Waals surface area contributed by atoms with Crippen molar-refractivity contribution in [3.05, 3.63) is 40.9 Å². The topological polar surface area (TPSA) is 198 Å². The molecule has 198 valence electrons. The van der Waals surface area contributed by atoms with Crippen LogP contribution in [-0.2, 0) is 25.6 Å². The summed E-state index contributed by atoms with van der Waals surface area (Å²) in [5, 5.41) is 15.0. The van der Waals surface area contributed by atoms with Crippen LogP contribution in [0.3, 0.4) is 0 Å². The number of anilines is 1. The minimum absolute atomic E-state index is 0.0578. The standard InChI is InChI=1S/C24H30N6O6S/c1-13(24(22(26)36)8-3-9-30(24)23-27-11-17(12-31)37-23)20(34)28-14(2)21(35)29-18(19(25)33)10-15-4-6-16(32)7-5-15/h4-7,11-14,18,32H,3,8-10H2,1-2H3,(H2,25,33)(H2,26,36)(H,28,34)(H,29,35)/t13-,14+,18+,24?/m1/s1. The maximum atomic E-state index is 13.2. The number of primary amides is 2. The summed E-state index contributed by atoms with van der Waals surface area (Å²) in [6.45, 7) is 3.41. The minimum atomic E-state index is -1.40. The average Bonchev–Trinajstić information content (AvgIpc) is 3.51. The Bertz CT molecular complexity index is 1180. The summed E-state index contributed by atoms with van der Waals surface area (Å²) in [4.78, 5) is 68.0. The molecule has 13 heteroatoms. The molecule has 1 aliphatic rings. The van der Waals surface area contributed by atoms with Crippen LogP contribution in [0.15, 0.2) is 30.5 Å². The van der Waals surface area contributed by atoms with Gasteiger partial charge in [0.2, 0.25) is 23.6 Å². The van der Waals surface area contributed by atoms with Crippen molar-refractivity contribution in [2.24, 2.45) is 17.4 Å². The molecule has 3 rings (SSSR count). The van der Waals surface area contributed by atoms with E-state index in [9.17, 15) is 29.1 Å². The summed E-state index contributed by atoms with van der Waals surface area (Å²) in [7, 11) is 0. The zero-order valence-electron chi connectivity index (χ0n) is 20.5. The number of carbonyl (C=O) groups is 5. The number of aldehydes is 1. The number of phenols is 1. The molecule has 7 N–H and O–H groups in total. The van der Waals surface area contributed by atoms with Crippen LogP contribution in [0.1, 0.15) is 41.9 Å². The van der Waals surface area contributed by atoms with Gasteiger partial charge in [-0.05, 0) is 37.5 Å². The fraction of sp³-hybridized carbons (Fsp3) is 0.417. The van der Waals surface area contributed by atoms with E-state index in [4.69, 9.17) is 11.5 Å². The number of amides is 4. The van der Waals surface area contributed by atoms with Gasteiger partial charge in [0.1, 0.15) is 23.4 Å². The van der Waals surface area contributed by atoms with Gasteiger partial charge < -0.3 is 32.1 Å². The second kappa shape index (κ2) is 11.4. The highest BCUT2D eigenvalue weighted by Gasteiger charge is 2.54. The number of rotatable bonds is 11. The molecule has 4 atom stereocenters. The minimum Gasteiger partial charge on any atom is -0.508 e. The second-order valence-corrected chi connectivity index (χ2v) is 10.0. The Hall–Kier alpha value is -4.00. The van der Waals surface area contributed by atoms with Crippen molar-refractivity contribution in [1.29, 1.82) is 0 Å². The molecule has 2 heterocycles. The lowest BCUT2D eigenvalue weighted by molar-refractivity contribution is -0.136. The molecule has 1 fully saturated rings. The van der Waals surface area contributed by atoms with Gasteiger partial charge in [-0.15, -0.1) is 0 Å². The molecule has 4 amide bonds. The summed E-state index contributed by atoms with van der Waals surface area (Å²) >= 11 is 1.09. The molecular weight excluding hydrogens is 500 g/mol. The molecule has 0 radical (unpaired) electrons. The van der Waals surface area contributed by atoms with Crippen LogP contribution < -0.4 is 27.0 Å². The molecule has 0 saturated carbocycles. The van der Waals surface area contributed by atoms with Crippen LogP contribution in [0, 0.1) is 5.92 Å². The lowest BCUT2D eigenvalue weighted by atomic mass is 9.81. The lowest BCUT2D eigenvalue weighted by Crippen LogP contribution is -2.63. The zero-order valence-corrected chi connectivity index (χ0v) is 21.3. The third-order valence-corrected chi connectivity index (χ3v) is 7.55. The third-order valence-electron chi connectivity index (χ3n) is 6.60. The van der Waals surface area contributed by atoms with Crippen molar-refractivity contribution in [2.45, 2.75) is 50.7 Å². The van der Waals surface area contributed by atoms with Gasteiger partial charge in [0.25, 0.3) is 0 Å². The molecule has 1 unspecified atom stereocenters. The van der Waals surface area contributed by atoms with Crippen molar-refractivity contribution < 1.29 is 29.1 Å². The van der Waals surface area contributed by atoms with Crippen molar-refractivity contribution >= 4 is 46.4 Å². The number of nitrogens with zero attached hydrogens (tertiary/aromatic N) is 2. The summed E-state index contributed by atoms with van der Waals surface area (Å²) in [5.74, 6) is -3.61. The number of hydrogen-bond acceptors (Lipinski definition) is 9. The van der Waals surface area contributed by atoms with Crippen molar-refractivity contribution in [3.8, 4) is 5.75 Å². The largest absolute Gasteiger partial charge is 0.508 e. The molecule has 0 aliphatic carbocycles. The summed E-state index contributed by atoms with van der Waals surface area (Å²) < 4.78 is 0. The molecule has 1 aromatic carbocycles. The highest BCUT2D eigenvalue weighted by Crippen LogP contribution is 2.41. The predicted molar refractivity (Wildman–Crippen MR) is 136 cm³/mol. The Kier molecular flexibility index (Phi) is 8.48. The fourth-order valence-corrected chi connectivity index (χ4v) is 5.33. The summed E-state index contributed by atoms with van der Waals surface area (Å²) in [6, 6.07) is 3.99. The first-order valence-electron chi connectivity index (χ1n) is 11.7. The van der Waals surface area contributed by atoms with E-state index in [1.807, 2.05) is 0 Å². The van der Waals surface area contributed by atoms with E-state index in [-0.39, 0.29) is 12.2 Å². The molecule has 1 aromatic heterocycles. The maximum absolute atomic E-state index is 13.2. The SMILES string of the molecule is C[C@H](NC(=O)[C@@H](C)C1(C(N)=O)CCCN1c1ncc(C=O)s1)C(=O)N[C@@H](Cc1ccc(O)cc1)C(N)=O. The van der Waals surface area contributed by atoms with Gasteiger partial charge >= 0.3 is 0 Å². The molecule has 1 saturated heterocycles. The van der Waals surface area contributed by atoms with Crippen molar-refractivity contribution in [2.75, 3.05) is 11.4 Å². The highest BCUT2D eigenvalue weighted by atomic mass is 32.1. The molecule has 1 aliphatic heterocycles. The predicted octanol–water partition coefficient (Wildman–Crippen LogP) is -0.161. The van der Waals surface area contributed by atoms with E-state index in [1.165, 1.54) is 25.3 Å². The first-order valence-corrected chi connectivity index (χ1v) is 12.5. The number of benzene rings is 1. The van der Waals surface area contributed by atoms with Crippen LogP contribution in [0.25, 0.3) is 0 Å². The molecule has 37 heavy (non-hydrogen) atoms. The zero-order chi connectivity index (χ0) is 27.3. The van der Waals surface area contributed by atoms with Crippen molar-refractivity contribution in [1.82, 2.24) is 15.6 Å². The maximum Gasteiger partial charge on any atom is 0.244 e. The third kappa shape index (κ3) is 5.88. The molecular formula is C24H30N6O6S. The first kappa shape index (κ1) is 27.6. The Morgan fingerprint density at radius 3 is 2.41 bits per heavy atom. The smallest absolute Gasteiger partial charge is 0.244 e. The van der Waals surface area contributed by atoms with Gasteiger partial charge in [-0.25, -0.2) is 4.98 Å². The van der Waals surface area contributed by atoms with Gasteiger partial charge in [-0.3, -0.25) is 24.0 Å². The monoisotopic (exact) mass is 530 g/mol. The summed E-state index contributed by atoms with van der Waals surface area (Å²) in [6.07, 6.45) is 3.00. The molecule has 0 spiro atoms. The van der Waals surface area contributed by atoms with E-state index >= 15 is 0 Å². The Morgan fingerprint density at radius 2 is 1.84 bits per heavy atom. The average molecular weight is 531 g/mol. The van der Waals surface area contributed by atoms with Crippen LogP contribution in [0.2, 0.25) is 0 Å². The van der Waals surface area contributed by atoms with Crippen LogP contribution in [-0.4, -0.2) is 64.2 Å². The van der Waals surface area contributed by atoms with Gasteiger partial charge in [0, 0.05) is 13.0 Å². The van der Waals surface area contributed by atoms with E-state index in [0.717, 1.165) is 11.3 Å². The van der Waals surface area contributed by atoms with Gasteiger partial charge in [0.15, 0.2) is 11.4 Å². The van der Waals surface area contributed by atoms with E-state index in [0.29, 0.717) is 41.2 Å². The normalized spacial score (nSPS) is 19.5. The Morgan fingerprint density at radius 1 is 1.16 bits per heavy atom. The van der Waals surface area contributed by atoms with Crippen molar-refractivity contribution in [3.63, 3.8) is 0 Å². The van der Waals surface area contributed by atoms with E-state index in [1.54, 1.807) is 24.0 Å². The number of thiazole rings is 1. The lowest BCUT2D eigenvalue weighted by Gasteiger charge is -2.39. The second-order valence-electron chi connectivity index (χ2n) is 8.99. The molecule has 2 aromatic rings. The number of nitrogens with one attached hydrogen (secondary N) is 2. The van der Waals surface area contributed by atoms with E-state index in [2.05, 4.69) is 15.6 Å². The van der Waals surface area contributed by atoms with Gasteiger partial charge in [-0.1, -0.05) is 30.4 Å². The van der Waals surface area contributed by atoms with E-state index < -0.39 is 47.2 Å². The first-order chi connectivity index (χ1) is 17.5. The number of aromatic hydroxyl groups is 1. The van der Waals surface area contributed by atoms with Gasteiger partial charge in [-0.2, -0.15) is 0 Å². The Balaban J connectivity index is 1.71. The van der Waals surface area contributed by atoms with Gasteiger partial charge in [0.05, 0.1) is 17.0 Å². The number of hydrogen-bond donors (Lipinski definition) is 5.